The van der Waals surface area contributed by atoms with Gasteiger partial charge in [0.05, 0.1) is 10.6 Å². The van der Waals surface area contributed by atoms with Gasteiger partial charge in [-0.15, -0.1) is 11.3 Å². The van der Waals surface area contributed by atoms with Crippen LogP contribution in [0.25, 0.3) is 32.3 Å². The summed E-state index contributed by atoms with van der Waals surface area (Å²) in [6, 6.07) is 17.4. The molecule has 2 aromatic heterocycles. The first-order valence-electron chi connectivity index (χ1n) is 10.2. The first kappa shape index (κ1) is 21.5. The molecule has 6 nitrogen and oxygen atoms in total. The van der Waals surface area contributed by atoms with E-state index in [0.29, 0.717) is 5.39 Å². The van der Waals surface area contributed by atoms with Gasteiger partial charge in [-0.05, 0) is 41.3 Å². The number of halogens is 1. The average Bonchev–Trinajstić information content (AvgIpc) is 3.15. The molecule has 0 fully saturated rings. The van der Waals surface area contributed by atoms with Crippen LogP contribution in [0.5, 0.6) is 0 Å². The van der Waals surface area contributed by atoms with Crippen LogP contribution in [0, 0.1) is 5.82 Å². The highest BCUT2D eigenvalue weighted by atomic mass is 32.2. The van der Waals surface area contributed by atoms with Gasteiger partial charge in [0.2, 0.25) is 16.0 Å². The number of pyridine rings is 1. The Balaban J connectivity index is 1.62. The minimum Gasteiger partial charge on any atom is -0.369 e. The van der Waals surface area contributed by atoms with Crippen molar-refractivity contribution in [2.75, 3.05) is 12.8 Å². The van der Waals surface area contributed by atoms with E-state index < -0.39 is 21.4 Å². The number of hydrogen-bond acceptors (Lipinski definition) is 6. The molecule has 0 radical (unpaired) electrons. The van der Waals surface area contributed by atoms with Crippen LogP contribution in [-0.2, 0) is 15.6 Å². The van der Waals surface area contributed by atoms with Crippen molar-refractivity contribution < 1.29 is 12.8 Å². The predicted molar refractivity (Wildman–Crippen MR) is 131 cm³/mol. The van der Waals surface area contributed by atoms with E-state index >= 15 is 4.39 Å². The number of hydrogen-bond donors (Lipinski definition) is 1. The molecule has 0 amide bonds. The molecule has 0 aliphatic carbocycles. The molecule has 0 spiro atoms. The Bertz CT molecular complexity index is 1500. The number of aromatic nitrogens is 1. The third-order valence-corrected chi connectivity index (χ3v) is 9.33. The normalized spacial score (nSPS) is 20.1. The molecule has 0 unspecified atom stereocenters. The van der Waals surface area contributed by atoms with Crippen LogP contribution in [-0.4, -0.2) is 36.5 Å². The van der Waals surface area contributed by atoms with E-state index in [0.717, 1.165) is 31.3 Å². The minimum atomic E-state index is -3.70. The summed E-state index contributed by atoms with van der Waals surface area (Å²) >= 11 is 1.23. The summed E-state index contributed by atoms with van der Waals surface area (Å²) in [5.74, 6) is -0.951. The highest BCUT2D eigenvalue weighted by Crippen LogP contribution is 2.44. The standard InChI is InChI=1S/C24H21FN4O2S2/c1-24(14-33(30,31)29(2)23(26)28-24)22-20(25)19-5-3-4-18(21(19)32-22)17-8-6-15(7-9-17)16-10-12-27-13-11-16/h3-13H,14H2,1-2H3,(H2,26,28)/t24-/m0/s1. The lowest BCUT2D eigenvalue weighted by molar-refractivity contribution is 0.467. The number of rotatable bonds is 3. The van der Waals surface area contributed by atoms with Gasteiger partial charge in [0.15, 0.2) is 0 Å². The smallest absolute Gasteiger partial charge is 0.239 e. The molecular weight excluding hydrogens is 459 g/mol. The van der Waals surface area contributed by atoms with E-state index in [4.69, 9.17) is 5.73 Å². The average molecular weight is 481 g/mol. The molecule has 5 rings (SSSR count). The van der Waals surface area contributed by atoms with Crippen LogP contribution in [0.3, 0.4) is 0 Å². The van der Waals surface area contributed by atoms with E-state index in [-0.39, 0.29) is 16.6 Å². The van der Waals surface area contributed by atoms with Crippen LogP contribution in [0.4, 0.5) is 4.39 Å². The number of fused-ring (bicyclic) bond motifs is 1. The van der Waals surface area contributed by atoms with Crippen molar-refractivity contribution in [3.05, 3.63) is 77.7 Å². The highest BCUT2D eigenvalue weighted by Gasteiger charge is 2.43. The van der Waals surface area contributed by atoms with Crippen LogP contribution in [0.15, 0.2) is 72.0 Å². The molecule has 0 saturated heterocycles. The number of guanidine groups is 1. The monoisotopic (exact) mass is 480 g/mol. The number of benzene rings is 2. The number of thiophene rings is 1. The molecule has 4 aromatic rings. The fraction of sp³-hybridized carbons (Fsp3) is 0.167. The molecule has 1 atom stereocenters. The van der Waals surface area contributed by atoms with Crippen molar-refractivity contribution in [1.29, 1.82) is 0 Å². The first-order valence-corrected chi connectivity index (χ1v) is 12.7. The lowest BCUT2D eigenvalue weighted by Gasteiger charge is -2.33. The summed E-state index contributed by atoms with van der Waals surface area (Å²) in [6.07, 6.45) is 3.50. The second-order valence-corrected chi connectivity index (χ2v) is 11.2. The Kier molecular flexibility index (Phi) is 4.98. The van der Waals surface area contributed by atoms with Crippen LogP contribution in [0.2, 0.25) is 0 Å². The van der Waals surface area contributed by atoms with E-state index in [2.05, 4.69) is 9.98 Å². The van der Waals surface area contributed by atoms with Gasteiger partial charge in [0, 0.05) is 29.5 Å². The minimum absolute atomic E-state index is 0.146. The SMILES string of the molecule is CN1C(N)=N[C@](C)(c2sc3c(-c4ccc(-c5ccncc5)cc4)cccc3c2F)CS1(=O)=O. The molecule has 0 bridgehead atoms. The zero-order valence-corrected chi connectivity index (χ0v) is 19.6. The Hall–Kier alpha value is -3.30. The van der Waals surface area contributed by atoms with E-state index in [1.807, 2.05) is 42.5 Å². The Morgan fingerprint density at radius 2 is 1.67 bits per heavy atom. The molecule has 1 aliphatic heterocycles. The summed E-state index contributed by atoms with van der Waals surface area (Å²) in [5.41, 5.74) is 8.50. The summed E-state index contributed by atoms with van der Waals surface area (Å²) in [4.78, 5) is 8.68. The van der Waals surface area contributed by atoms with Gasteiger partial charge in [0.1, 0.15) is 11.4 Å². The van der Waals surface area contributed by atoms with Gasteiger partial charge < -0.3 is 5.73 Å². The molecule has 9 heteroatoms. The molecule has 2 aromatic carbocycles. The number of nitrogens with zero attached hydrogens (tertiary/aromatic N) is 3. The van der Waals surface area contributed by atoms with Gasteiger partial charge in [-0.2, -0.15) is 0 Å². The first-order chi connectivity index (χ1) is 15.7. The summed E-state index contributed by atoms with van der Waals surface area (Å²) in [6.45, 7) is 1.61. The van der Waals surface area contributed by atoms with Crippen molar-refractivity contribution in [2.45, 2.75) is 12.5 Å². The fourth-order valence-corrected chi connectivity index (χ4v) is 6.95. The van der Waals surface area contributed by atoms with E-state index in [1.54, 1.807) is 31.5 Å². The summed E-state index contributed by atoms with van der Waals surface area (Å²) in [7, 11) is -2.35. The quantitative estimate of drug-likeness (QED) is 0.465. The van der Waals surface area contributed by atoms with Crippen LogP contribution >= 0.6 is 11.3 Å². The second-order valence-electron chi connectivity index (χ2n) is 8.21. The van der Waals surface area contributed by atoms with Crippen molar-refractivity contribution in [1.82, 2.24) is 9.29 Å². The Morgan fingerprint density at radius 3 is 2.33 bits per heavy atom. The maximum absolute atomic E-state index is 15.6. The Labute approximate surface area is 195 Å². The summed E-state index contributed by atoms with van der Waals surface area (Å²) < 4.78 is 42.5. The lowest BCUT2D eigenvalue weighted by Crippen LogP contribution is -2.50. The maximum atomic E-state index is 15.6. The predicted octanol–water partition coefficient (Wildman–Crippen LogP) is 4.57. The van der Waals surface area contributed by atoms with Crippen molar-refractivity contribution >= 4 is 37.4 Å². The molecule has 0 saturated carbocycles. The van der Waals surface area contributed by atoms with Crippen molar-refractivity contribution in [3.63, 3.8) is 0 Å². The molecule has 168 valence electrons. The summed E-state index contributed by atoms with van der Waals surface area (Å²) in [5, 5.41) is 0.442. The van der Waals surface area contributed by atoms with Gasteiger partial charge in [-0.1, -0.05) is 42.5 Å². The number of aliphatic imine (C=N–C) groups is 1. The number of sulfonamides is 1. The maximum Gasteiger partial charge on any atom is 0.239 e. The molecule has 33 heavy (non-hydrogen) atoms. The Morgan fingerprint density at radius 1 is 1.03 bits per heavy atom. The third-order valence-electron chi connectivity index (χ3n) is 5.92. The van der Waals surface area contributed by atoms with E-state index in [1.165, 1.54) is 18.4 Å². The van der Waals surface area contributed by atoms with Gasteiger partial charge in [0.25, 0.3) is 0 Å². The molecular formula is C24H21FN4O2S2. The van der Waals surface area contributed by atoms with E-state index in [9.17, 15) is 8.42 Å². The number of nitrogens with two attached hydrogens (primary N) is 1. The highest BCUT2D eigenvalue weighted by molar-refractivity contribution is 7.89. The van der Waals surface area contributed by atoms with Crippen molar-refractivity contribution in [2.24, 2.45) is 10.7 Å². The molecule has 3 heterocycles. The van der Waals surface area contributed by atoms with Gasteiger partial charge in [-0.25, -0.2) is 22.1 Å². The van der Waals surface area contributed by atoms with Crippen molar-refractivity contribution in [3.8, 4) is 22.3 Å². The zero-order chi connectivity index (χ0) is 23.4. The van der Waals surface area contributed by atoms with Gasteiger partial charge >= 0.3 is 0 Å². The second kappa shape index (κ2) is 7.64. The topological polar surface area (TPSA) is 88.7 Å². The lowest BCUT2D eigenvalue weighted by atomic mass is 9.99. The van der Waals surface area contributed by atoms with Crippen LogP contribution in [0.1, 0.15) is 11.8 Å². The third kappa shape index (κ3) is 3.57. The fourth-order valence-electron chi connectivity index (χ4n) is 4.12. The largest absolute Gasteiger partial charge is 0.369 e. The molecule has 2 N–H and O–H groups in total. The molecule has 1 aliphatic rings. The zero-order valence-electron chi connectivity index (χ0n) is 18.0. The van der Waals surface area contributed by atoms with Gasteiger partial charge in [-0.3, -0.25) is 4.98 Å². The van der Waals surface area contributed by atoms with Crippen LogP contribution < -0.4 is 5.73 Å².